The molecule has 1 aromatic heterocycles. The lowest BCUT2D eigenvalue weighted by Gasteiger charge is -2.07. The maximum atomic E-state index is 10.8. The second kappa shape index (κ2) is 5.99. The molecule has 0 amide bonds. The Hall–Kier alpha value is -1.12. The minimum atomic E-state index is -3.13. The zero-order chi connectivity index (χ0) is 12.9. The summed E-state index contributed by atoms with van der Waals surface area (Å²) in [6.07, 6.45) is 3.13. The third-order valence-corrected chi connectivity index (χ3v) is 2.71. The van der Waals surface area contributed by atoms with E-state index in [9.17, 15) is 8.42 Å². The number of halogens is 1. The fraction of sp³-hybridized carbons (Fsp3) is 0.500. The lowest BCUT2D eigenvalue weighted by molar-refractivity contribution is 0.586. The van der Waals surface area contributed by atoms with Crippen LogP contribution in [0.4, 0.5) is 11.5 Å². The van der Waals surface area contributed by atoms with Crippen molar-refractivity contribution in [2.45, 2.75) is 6.42 Å². The first-order chi connectivity index (χ1) is 7.88. The van der Waals surface area contributed by atoms with E-state index in [0.29, 0.717) is 31.0 Å². The van der Waals surface area contributed by atoms with Gasteiger partial charge in [0.05, 0.1) is 18.1 Å². The molecule has 0 atom stereocenters. The van der Waals surface area contributed by atoms with Gasteiger partial charge < -0.3 is 11.1 Å². The van der Waals surface area contributed by atoms with Crippen molar-refractivity contribution in [2.24, 2.45) is 0 Å². The maximum Gasteiger partial charge on any atom is 0.224 e. The molecular formula is C8H14ClN5O2S. The fourth-order valence-electron chi connectivity index (χ4n) is 1.06. The molecule has 17 heavy (non-hydrogen) atoms. The van der Waals surface area contributed by atoms with E-state index >= 15 is 0 Å². The number of nitrogens with zero attached hydrogens (tertiary/aromatic N) is 2. The molecule has 0 bridgehead atoms. The number of hydrogen-bond acceptors (Lipinski definition) is 6. The Labute approximate surface area is 105 Å². The smallest absolute Gasteiger partial charge is 0.224 e. The topological polar surface area (TPSA) is 110 Å². The van der Waals surface area contributed by atoms with Crippen LogP contribution in [-0.4, -0.2) is 37.7 Å². The Morgan fingerprint density at radius 3 is 2.82 bits per heavy atom. The molecular weight excluding hydrogens is 266 g/mol. The lowest BCUT2D eigenvalue weighted by Crippen LogP contribution is -2.24. The number of nitrogens with one attached hydrogen (secondary N) is 2. The van der Waals surface area contributed by atoms with Crippen molar-refractivity contribution >= 4 is 33.1 Å². The molecule has 0 unspecified atom stereocenters. The molecule has 9 heteroatoms. The van der Waals surface area contributed by atoms with Crippen LogP contribution in [0.25, 0.3) is 0 Å². The van der Waals surface area contributed by atoms with Crippen LogP contribution in [0.1, 0.15) is 6.42 Å². The molecule has 96 valence electrons. The summed E-state index contributed by atoms with van der Waals surface area (Å²) in [6.45, 7) is 0.880. The normalized spacial score (nSPS) is 11.4. The monoisotopic (exact) mass is 279 g/mol. The minimum Gasteiger partial charge on any atom is -0.394 e. The molecule has 0 saturated heterocycles. The van der Waals surface area contributed by atoms with Gasteiger partial charge in [-0.2, -0.15) is 4.98 Å². The first kappa shape index (κ1) is 13.9. The highest BCUT2D eigenvalue weighted by Gasteiger charge is 2.03. The number of nitrogen functional groups attached to an aromatic ring is 1. The average molecular weight is 280 g/mol. The van der Waals surface area contributed by atoms with Crippen LogP contribution in [0.2, 0.25) is 5.28 Å². The highest BCUT2D eigenvalue weighted by Crippen LogP contribution is 2.15. The van der Waals surface area contributed by atoms with E-state index in [4.69, 9.17) is 17.3 Å². The molecule has 0 aliphatic carbocycles. The van der Waals surface area contributed by atoms with Crippen LogP contribution in [0.15, 0.2) is 6.20 Å². The Kier molecular flexibility index (Phi) is 4.91. The molecule has 1 rings (SSSR count). The molecule has 4 N–H and O–H groups in total. The van der Waals surface area contributed by atoms with Gasteiger partial charge in [0.1, 0.15) is 0 Å². The molecule has 1 aromatic rings. The Morgan fingerprint density at radius 2 is 2.18 bits per heavy atom. The van der Waals surface area contributed by atoms with Gasteiger partial charge in [-0.1, -0.05) is 0 Å². The standard InChI is InChI=1S/C8H14ClN5O2S/c1-17(15,16)13-4-2-3-11-7-6(10)5-12-8(9)14-7/h5,13H,2-4,10H2,1H3,(H,11,12,14). The van der Waals surface area contributed by atoms with E-state index in [1.807, 2.05) is 0 Å². The summed E-state index contributed by atoms with van der Waals surface area (Å²) in [5.41, 5.74) is 6.01. The summed E-state index contributed by atoms with van der Waals surface area (Å²) in [5, 5.41) is 3.05. The van der Waals surface area contributed by atoms with Crippen LogP contribution < -0.4 is 15.8 Å². The Balaban J connectivity index is 2.34. The van der Waals surface area contributed by atoms with Crippen LogP contribution in [-0.2, 0) is 10.0 Å². The van der Waals surface area contributed by atoms with Crippen molar-refractivity contribution < 1.29 is 8.42 Å². The maximum absolute atomic E-state index is 10.8. The van der Waals surface area contributed by atoms with Gasteiger partial charge >= 0.3 is 0 Å². The highest BCUT2D eigenvalue weighted by atomic mass is 35.5. The van der Waals surface area contributed by atoms with E-state index in [2.05, 4.69) is 20.0 Å². The lowest BCUT2D eigenvalue weighted by atomic mass is 10.4. The SMILES string of the molecule is CS(=O)(=O)NCCCNc1nc(Cl)ncc1N. The first-order valence-corrected chi connectivity index (χ1v) is 7.12. The summed E-state index contributed by atoms with van der Waals surface area (Å²) in [5.74, 6) is 0.448. The van der Waals surface area contributed by atoms with E-state index in [1.54, 1.807) is 0 Å². The first-order valence-electron chi connectivity index (χ1n) is 4.85. The van der Waals surface area contributed by atoms with Crippen molar-refractivity contribution in [3.8, 4) is 0 Å². The van der Waals surface area contributed by atoms with Gasteiger partial charge in [-0.05, 0) is 18.0 Å². The number of nitrogens with two attached hydrogens (primary N) is 1. The van der Waals surface area contributed by atoms with E-state index < -0.39 is 10.0 Å². The van der Waals surface area contributed by atoms with Gasteiger partial charge in [0, 0.05) is 13.1 Å². The second-order valence-electron chi connectivity index (χ2n) is 3.39. The summed E-state index contributed by atoms with van der Waals surface area (Å²) >= 11 is 5.61. The van der Waals surface area contributed by atoms with Crippen LogP contribution in [0.3, 0.4) is 0 Å². The zero-order valence-electron chi connectivity index (χ0n) is 9.27. The Morgan fingerprint density at radius 1 is 1.47 bits per heavy atom. The molecule has 7 nitrogen and oxygen atoms in total. The zero-order valence-corrected chi connectivity index (χ0v) is 10.8. The van der Waals surface area contributed by atoms with Crippen LogP contribution in [0.5, 0.6) is 0 Å². The molecule has 1 heterocycles. The van der Waals surface area contributed by atoms with Crippen molar-refractivity contribution in [3.63, 3.8) is 0 Å². The molecule has 0 radical (unpaired) electrons. The average Bonchev–Trinajstić information content (AvgIpc) is 2.21. The van der Waals surface area contributed by atoms with Gasteiger partial charge in [-0.15, -0.1) is 0 Å². The van der Waals surface area contributed by atoms with E-state index in [1.165, 1.54) is 6.20 Å². The predicted molar refractivity (Wildman–Crippen MR) is 67.4 cm³/mol. The summed E-state index contributed by atoms with van der Waals surface area (Å²) < 4.78 is 23.9. The van der Waals surface area contributed by atoms with Crippen LogP contribution in [0, 0.1) is 0 Å². The van der Waals surface area contributed by atoms with Gasteiger partial charge in [0.15, 0.2) is 5.82 Å². The van der Waals surface area contributed by atoms with Gasteiger partial charge in [-0.3, -0.25) is 0 Å². The quantitative estimate of drug-likeness (QED) is 0.502. The molecule has 0 fully saturated rings. The molecule has 0 aromatic carbocycles. The van der Waals surface area contributed by atoms with Gasteiger partial charge in [-0.25, -0.2) is 18.1 Å². The number of aromatic nitrogens is 2. The number of rotatable bonds is 6. The summed E-state index contributed by atoms with van der Waals surface area (Å²) in [4.78, 5) is 7.61. The molecule has 0 aliphatic heterocycles. The molecule has 0 spiro atoms. The van der Waals surface area contributed by atoms with Crippen molar-refractivity contribution in [2.75, 3.05) is 30.4 Å². The van der Waals surface area contributed by atoms with Crippen molar-refractivity contribution in [1.29, 1.82) is 0 Å². The number of anilines is 2. The summed E-state index contributed by atoms with van der Waals surface area (Å²) in [6, 6.07) is 0. The second-order valence-corrected chi connectivity index (χ2v) is 5.56. The minimum absolute atomic E-state index is 0.107. The van der Waals surface area contributed by atoms with Crippen LogP contribution >= 0.6 is 11.6 Å². The predicted octanol–water partition coefficient (Wildman–Crippen LogP) is 0.0634. The summed E-state index contributed by atoms with van der Waals surface area (Å²) in [7, 11) is -3.13. The third-order valence-electron chi connectivity index (χ3n) is 1.80. The third kappa shape index (κ3) is 5.66. The van der Waals surface area contributed by atoms with Gasteiger partial charge in [0.2, 0.25) is 15.3 Å². The largest absolute Gasteiger partial charge is 0.394 e. The van der Waals surface area contributed by atoms with Gasteiger partial charge in [0.25, 0.3) is 0 Å². The molecule has 0 aliphatic rings. The van der Waals surface area contributed by atoms with E-state index in [0.717, 1.165) is 6.26 Å². The highest BCUT2D eigenvalue weighted by molar-refractivity contribution is 7.88. The van der Waals surface area contributed by atoms with E-state index in [-0.39, 0.29) is 5.28 Å². The van der Waals surface area contributed by atoms with Crippen molar-refractivity contribution in [1.82, 2.24) is 14.7 Å². The number of sulfonamides is 1. The fourth-order valence-corrected chi connectivity index (χ4v) is 1.71. The number of hydrogen-bond donors (Lipinski definition) is 3. The molecule has 0 saturated carbocycles. The Bertz CT molecular complexity index is 479. The van der Waals surface area contributed by atoms with Crippen molar-refractivity contribution in [3.05, 3.63) is 11.5 Å².